The second kappa shape index (κ2) is 12.0. The number of nitrogens with zero attached hydrogens (tertiary/aromatic N) is 6. The molecule has 43 heavy (non-hydrogen) atoms. The molecule has 0 radical (unpaired) electrons. The number of halogens is 1. The van der Waals surface area contributed by atoms with Gasteiger partial charge in [0.15, 0.2) is 5.65 Å². The summed E-state index contributed by atoms with van der Waals surface area (Å²) >= 11 is 0. The molecule has 7 rings (SSSR count). The molecule has 0 amide bonds. The monoisotopic (exact) mass is 582 g/mol. The van der Waals surface area contributed by atoms with E-state index in [1.54, 1.807) is 6.07 Å². The van der Waals surface area contributed by atoms with Gasteiger partial charge in [0, 0.05) is 68.6 Å². The fourth-order valence-electron chi connectivity index (χ4n) is 7.04. The molecule has 5 aromatic rings. The number of aromatic nitrogens is 5. The summed E-state index contributed by atoms with van der Waals surface area (Å²) in [6, 6.07) is 16.1. The predicted octanol–water partition coefficient (Wildman–Crippen LogP) is 4.77. The molecule has 0 unspecified atom stereocenters. The fourth-order valence-corrected chi connectivity index (χ4v) is 7.04. The Morgan fingerprint density at radius 3 is 2.53 bits per heavy atom. The molecule has 3 aromatic heterocycles. The maximum absolute atomic E-state index is 14.3. The number of rotatable bonds is 8. The van der Waals surface area contributed by atoms with E-state index in [4.69, 9.17) is 15.9 Å². The molecule has 1 saturated heterocycles. The minimum atomic E-state index is -0.194. The summed E-state index contributed by atoms with van der Waals surface area (Å²) in [5.41, 5.74) is 11.6. The zero-order valence-electron chi connectivity index (χ0n) is 24.4. The number of aliphatic hydroxyl groups excluding tert-OH is 1. The van der Waals surface area contributed by atoms with Crippen molar-refractivity contribution in [2.45, 2.75) is 50.6 Å². The molecular weight excluding hydrogens is 543 g/mol. The SMILES string of the molecule is Nc1ncnc2c1c(-c1ccc3cc(Cc4ccccc4F)[nH]c3c1)nn2[C@H]1CC[C@H](N2CCN(CCCO)CC2)CC1. The number of fused-ring (bicyclic) bond motifs is 2. The number of hydrogen-bond acceptors (Lipinski definition) is 7. The summed E-state index contributed by atoms with van der Waals surface area (Å²) in [4.78, 5) is 17.6. The third-order valence-electron chi connectivity index (χ3n) is 9.38. The van der Waals surface area contributed by atoms with Crippen molar-refractivity contribution in [1.82, 2.24) is 34.5 Å². The highest BCUT2D eigenvalue weighted by Gasteiger charge is 2.31. The van der Waals surface area contributed by atoms with Gasteiger partial charge in [0.1, 0.15) is 23.7 Å². The zero-order chi connectivity index (χ0) is 29.3. The number of piperazine rings is 1. The number of benzene rings is 2. The Balaban J connectivity index is 1.11. The summed E-state index contributed by atoms with van der Waals surface area (Å²) in [6.07, 6.45) is 7.25. The highest BCUT2D eigenvalue weighted by Crippen LogP contribution is 2.38. The lowest BCUT2D eigenvalue weighted by molar-refractivity contribution is 0.0680. The first-order valence-corrected chi connectivity index (χ1v) is 15.5. The smallest absolute Gasteiger partial charge is 0.164 e. The van der Waals surface area contributed by atoms with Crippen LogP contribution >= 0.6 is 0 Å². The van der Waals surface area contributed by atoms with Crippen LogP contribution in [0.25, 0.3) is 33.2 Å². The van der Waals surface area contributed by atoms with E-state index in [1.807, 2.05) is 12.1 Å². The van der Waals surface area contributed by atoms with Crippen molar-refractivity contribution in [2.24, 2.45) is 0 Å². The first kappa shape index (κ1) is 27.9. The lowest BCUT2D eigenvalue weighted by Crippen LogP contribution is -2.51. The van der Waals surface area contributed by atoms with Gasteiger partial charge in [-0.2, -0.15) is 5.10 Å². The molecule has 2 aliphatic rings. The molecule has 4 heterocycles. The van der Waals surface area contributed by atoms with Crippen LogP contribution in [0.1, 0.15) is 49.4 Å². The summed E-state index contributed by atoms with van der Waals surface area (Å²) < 4.78 is 16.4. The van der Waals surface area contributed by atoms with Gasteiger partial charge in [0.25, 0.3) is 0 Å². The third-order valence-corrected chi connectivity index (χ3v) is 9.38. The zero-order valence-corrected chi connectivity index (χ0v) is 24.4. The number of hydrogen-bond donors (Lipinski definition) is 3. The second-order valence-corrected chi connectivity index (χ2v) is 12.0. The lowest BCUT2D eigenvalue weighted by Gasteiger charge is -2.42. The standard InChI is InChI=1S/C33H39FN8O/c34-28-5-2-1-4-22(28)18-25-19-23-6-7-24(20-29(23)38-25)31-30-32(35)36-21-37-33(30)42(39-31)27-10-8-26(9-11-27)41-15-13-40(14-16-41)12-3-17-43/h1-2,4-7,19-21,26-27,38,43H,3,8-18H2,(H2,35,36,37)/t26-,27-. The molecule has 2 fully saturated rings. The van der Waals surface area contributed by atoms with Crippen molar-refractivity contribution in [2.75, 3.05) is 45.1 Å². The number of nitrogen functional groups attached to an aromatic ring is 1. The van der Waals surface area contributed by atoms with Crippen molar-refractivity contribution in [3.05, 3.63) is 71.9 Å². The molecule has 224 valence electrons. The Morgan fingerprint density at radius 1 is 0.953 bits per heavy atom. The molecule has 1 aliphatic carbocycles. The average Bonchev–Trinajstić information content (AvgIpc) is 3.63. The molecule has 4 N–H and O–H groups in total. The molecule has 0 spiro atoms. The van der Waals surface area contributed by atoms with E-state index in [0.29, 0.717) is 23.8 Å². The number of aliphatic hydroxyl groups is 1. The molecule has 1 saturated carbocycles. The first-order valence-electron chi connectivity index (χ1n) is 15.5. The van der Waals surface area contributed by atoms with Crippen molar-refractivity contribution in [3.63, 3.8) is 0 Å². The number of anilines is 1. The summed E-state index contributed by atoms with van der Waals surface area (Å²) in [6.45, 7) is 5.62. The van der Waals surface area contributed by atoms with Gasteiger partial charge in [0.2, 0.25) is 0 Å². The minimum Gasteiger partial charge on any atom is -0.396 e. The summed E-state index contributed by atoms with van der Waals surface area (Å²) in [5, 5.41) is 16.1. The Kier molecular flexibility index (Phi) is 7.81. The molecule has 1 aliphatic heterocycles. The van der Waals surface area contributed by atoms with E-state index in [2.05, 4.69) is 53.7 Å². The minimum absolute atomic E-state index is 0.194. The van der Waals surface area contributed by atoms with Crippen LogP contribution < -0.4 is 5.73 Å². The molecule has 2 aromatic carbocycles. The van der Waals surface area contributed by atoms with E-state index in [1.165, 1.54) is 12.4 Å². The van der Waals surface area contributed by atoms with Gasteiger partial charge in [-0.25, -0.2) is 19.0 Å². The van der Waals surface area contributed by atoms with E-state index < -0.39 is 0 Å². The predicted molar refractivity (Wildman–Crippen MR) is 167 cm³/mol. The highest BCUT2D eigenvalue weighted by atomic mass is 19.1. The molecule has 0 bridgehead atoms. The molecule has 9 nitrogen and oxygen atoms in total. The van der Waals surface area contributed by atoms with Gasteiger partial charge in [-0.3, -0.25) is 4.90 Å². The van der Waals surface area contributed by atoms with Crippen molar-refractivity contribution >= 4 is 27.8 Å². The van der Waals surface area contributed by atoms with Crippen LogP contribution in [-0.4, -0.2) is 85.0 Å². The van der Waals surface area contributed by atoms with Crippen LogP contribution in [0, 0.1) is 5.82 Å². The van der Waals surface area contributed by atoms with Crippen LogP contribution in [0.4, 0.5) is 10.2 Å². The quantitative estimate of drug-likeness (QED) is 0.242. The molecular formula is C33H39FN8O. The Morgan fingerprint density at radius 2 is 1.74 bits per heavy atom. The summed E-state index contributed by atoms with van der Waals surface area (Å²) in [7, 11) is 0. The van der Waals surface area contributed by atoms with Crippen LogP contribution in [-0.2, 0) is 6.42 Å². The van der Waals surface area contributed by atoms with Gasteiger partial charge >= 0.3 is 0 Å². The molecule has 0 atom stereocenters. The van der Waals surface area contributed by atoms with Gasteiger partial charge in [-0.05, 0) is 61.3 Å². The van der Waals surface area contributed by atoms with Crippen LogP contribution in [0.2, 0.25) is 0 Å². The van der Waals surface area contributed by atoms with E-state index >= 15 is 0 Å². The van der Waals surface area contributed by atoms with E-state index in [9.17, 15) is 4.39 Å². The van der Waals surface area contributed by atoms with E-state index in [0.717, 1.165) is 104 Å². The number of nitrogens with two attached hydrogens (primary N) is 1. The molecule has 10 heteroatoms. The Labute approximate surface area is 250 Å². The van der Waals surface area contributed by atoms with E-state index in [-0.39, 0.29) is 18.5 Å². The number of nitrogens with one attached hydrogen (secondary N) is 1. The normalized spacial score (nSPS) is 20.3. The first-order chi connectivity index (χ1) is 21.1. The van der Waals surface area contributed by atoms with Gasteiger partial charge in [-0.15, -0.1) is 0 Å². The number of aromatic amines is 1. The van der Waals surface area contributed by atoms with Crippen molar-refractivity contribution in [3.8, 4) is 11.3 Å². The highest BCUT2D eigenvalue weighted by molar-refractivity contribution is 6.00. The number of H-pyrrole nitrogens is 1. The van der Waals surface area contributed by atoms with Gasteiger partial charge < -0.3 is 20.7 Å². The summed E-state index contributed by atoms with van der Waals surface area (Å²) in [5.74, 6) is 0.242. The van der Waals surface area contributed by atoms with Crippen LogP contribution in [0.3, 0.4) is 0 Å². The van der Waals surface area contributed by atoms with Crippen LogP contribution in [0.15, 0.2) is 54.9 Å². The maximum atomic E-state index is 14.3. The maximum Gasteiger partial charge on any atom is 0.164 e. The van der Waals surface area contributed by atoms with Crippen LogP contribution in [0.5, 0.6) is 0 Å². The fraction of sp³-hybridized carbons (Fsp3) is 0.424. The largest absolute Gasteiger partial charge is 0.396 e. The van der Waals surface area contributed by atoms with Gasteiger partial charge in [-0.1, -0.05) is 30.3 Å². The van der Waals surface area contributed by atoms with Crippen molar-refractivity contribution < 1.29 is 9.50 Å². The Bertz CT molecular complexity index is 1720. The topological polar surface area (TPSA) is 112 Å². The Hall–Kier alpha value is -3.86. The van der Waals surface area contributed by atoms with Gasteiger partial charge in [0.05, 0.1) is 11.4 Å². The average molecular weight is 583 g/mol. The second-order valence-electron chi connectivity index (χ2n) is 12.0. The van der Waals surface area contributed by atoms with Crippen molar-refractivity contribution in [1.29, 1.82) is 0 Å². The lowest BCUT2D eigenvalue weighted by atomic mass is 9.90. The third kappa shape index (κ3) is 5.62.